The second-order valence-corrected chi connectivity index (χ2v) is 7.11. The Labute approximate surface area is 130 Å². The summed E-state index contributed by atoms with van der Waals surface area (Å²) in [5.41, 5.74) is 2.06. The molecule has 0 atom stereocenters. The Balaban J connectivity index is 1.61. The number of piperidine rings is 1. The smallest absolute Gasteiger partial charge is 0.234 e. The van der Waals surface area contributed by atoms with E-state index in [1.54, 1.807) is 11.8 Å². The molecule has 1 saturated heterocycles. The van der Waals surface area contributed by atoms with Crippen molar-refractivity contribution in [2.24, 2.45) is 0 Å². The highest BCUT2D eigenvalue weighted by molar-refractivity contribution is 8.00. The van der Waals surface area contributed by atoms with Gasteiger partial charge in [0, 0.05) is 35.8 Å². The summed E-state index contributed by atoms with van der Waals surface area (Å²) < 4.78 is 0. The average Bonchev–Trinajstić information content (AvgIpc) is 2.47. The number of rotatable bonds is 3. The van der Waals surface area contributed by atoms with Crippen LogP contribution < -0.4 is 10.6 Å². The number of amides is 1. The molecule has 1 amide bonds. The number of carbonyl (C=O) groups excluding carboxylic acids is 1. The van der Waals surface area contributed by atoms with Gasteiger partial charge >= 0.3 is 0 Å². The summed E-state index contributed by atoms with van der Waals surface area (Å²) in [7, 11) is 0. The van der Waals surface area contributed by atoms with Crippen molar-refractivity contribution in [2.45, 2.75) is 43.7 Å². The van der Waals surface area contributed by atoms with Gasteiger partial charge in [0.1, 0.15) is 0 Å². The summed E-state index contributed by atoms with van der Waals surface area (Å²) in [6.45, 7) is 6.84. The van der Waals surface area contributed by atoms with E-state index in [4.69, 9.17) is 0 Å². The van der Waals surface area contributed by atoms with Gasteiger partial charge in [0.25, 0.3) is 0 Å². The number of hydrogen-bond acceptors (Lipinski definition) is 4. The number of likely N-dealkylation sites (tertiary alicyclic amines) is 1. The van der Waals surface area contributed by atoms with Crippen LogP contribution in [0.25, 0.3) is 0 Å². The Morgan fingerprint density at radius 3 is 2.81 bits per heavy atom. The number of nitrogens with zero attached hydrogens (tertiary/aromatic N) is 1. The molecule has 5 heteroatoms. The first-order chi connectivity index (χ1) is 10.1. The molecule has 1 fully saturated rings. The molecule has 2 aliphatic heterocycles. The van der Waals surface area contributed by atoms with E-state index >= 15 is 0 Å². The molecule has 3 rings (SSSR count). The lowest BCUT2D eigenvalue weighted by Gasteiger charge is -2.35. The largest absolute Gasteiger partial charge is 0.382 e. The van der Waals surface area contributed by atoms with Crippen molar-refractivity contribution >= 4 is 29.0 Å². The molecule has 0 radical (unpaired) electrons. The van der Waals surface area contributed by atoms with E-state index in [0.717, 1.165) is 29.4 Å². The molecule has 4 nitrogen and oxygen atoms in total. The molecule has 2 aliphatic rings. The monoisotopic (exact) mass is 305 g/mol. The lowest BCUT2D eigenvalue weighted by atomic mass is 10.0. The van der Waals surface area contributed by atoms with E-state index in [1.807, 2.05) is 0 Å². The minimum absolute atomic E-state index is 0.0925. The number of hydrogen-bond donors (Lipinski definition) is 2. The van der Waals surface area contributed by atoms with Gasteiger partial charge in [-0.1, -0.05) is 0 Å². The van der Waals surface area contributed by atoms with Crippen LogP contribution in [0.15, 0.2) is 23.1 Å². The van der Waals surface area contributed by atoms with E-state index in [2.05, 4.69) is 47.6 Å². The van der Waals surface area contributed by atoms with Crippen LogP contribution in [0.5, 0.6) is 0 Å². The maximum atomic E-state index is 11.5. The van der Waals surface area contributed by atoms with Crippen LogP contribution in [0.1, 0.15) is 26.7 Å². The highest BCUT2D eigenvalue weighted by atomic mass is 32.2. The van der Waals surface area contributed by atoms with E-state index < -0.39 is 0 Å². The normalized spacial score (nSPS) is 20.2. The average molecular weight is 305 g/mol. The van der Waals surface area contributed by atoms with Gasteiger partial charge in [-0.15, -0.1) is 11.8 Å². The Kier molecular flexibility index (Phi) is 4.40. The van der Waals surface area contributed by atoms with Crippen LogP contribution in [0.4, 0.5) is 11.4 Å². The molecule has 2 N–H and O–H groups in total. The summed E-state index contributed by atoms with van der Waals surface area (Å²) in [6, 6.07) is 7.46. The highest BCUT2D eigenvalue weighted by Gasteiger charge is 2.21. The predicted molar refractivity (Wildman–Crippen MR) is 89.1 cm³/mol. The van der Waals surface area contributed by atoms with Crippen molar-refractivity contribution in [1.29, 1.82) is 0 Å². The van der Waals surface area contributed by atoms with Gasteiger partial charge in [0.05, 0.1) is 11.4 Å². The van der Waals surface area contributed by atoms with E-state index in [1.165, 1.54) is 12.8 Å². The summed E-state index contributed by atoms with van der Waals surface area (Å²) >= 11 is 1.61. The molecule has 0 spiro atoms. The van der Waals surface area contributed by atoms with Gasteiger partial charge in [-0.3, -0.25) is 4.79 Å². The minimum atomic E-state index is 0.0925. The van der Waals surface area contributed by atoms with Gasteiger partial charge in [0.15, 0.2) is 0 Å². The fourth-order valence-corrected chi connectivity index (χ4v) is 3.76. The van der Waals surface area contributed by atoms with Crippen LogP contribution in [-0.2, 0) is 4.79 Å². The fourth-order valence-electron chi connectivity index (χ4n) is 2.97. The van der Waals surface area contributed by atoms with Crippen molar-refractivity contribution in [1.82, 2.24) is 4.90 Å². The minimum Gasteiger partial charge on any atom is -0.382 e. The van der Waals surface area contributed by atoms with Crippen molar-refractivity contribution in [2.75, 3.05) is 29.5 Å². The standard InChI is InChI=1S/C16H23N3OS/c1-11(2)19-7-5-12(6-8-19)17-13-3-4-15-14(9-13)18-16(20)10-21-15/h3-4,9,11-12,17H,5-8,10H2,1-2H3,(H,18,20). The van der Waals surface area contributed by atoms with Crippen LogP contribution in [0, 0.1) is 0 Å². The SMILES string of the molecule is CC(C)N1CCC(Nc2ccc3c(c2)NC(=O)CS3)CC1. The third-order valence-electron chi connectivity index (χ3n) is 4.24. The number of nitrogens with one attached hydrogen (secondary N) is 2. The highest BCUT2D eigenvalue weighted by Crippen LogP contribution is 2.33. The Morgan fingerprint density at radius 1 is 1.33 bits per heavy atom. The molecule has 114 valence electrons. The van der Waals surface area contributed by atoms with E-state index in [-0.39, 0.29) is 5.91 Å². The van der Waals surface area contributed by atoms with Crippen LogP contribution >= 0.6 is 11.8 Å². The fraction of sp³-hybridized carbons (Fsp3) is 0.562. The lowest BCUT2D eigenvalue weighted by molar-refractivity contribution is -0.113. The second-order valence-electron chi connectivity index (χ2n) is 6.10. The van der Waals surface area contributed by atoms with E-state index in [9.17, 15) is 4.79 Å². The quantitative estimate of drug-likeness (QED) is 0.901. The van der Waals surface area contributed by atoms with Crippen molar-refractivity contribution in [3.63, 3.8) is 0 Å². The Bertz CT molecular complexity index is 524. The number of fused-ring (bicyclic) bond motifs is 1. The van der Waals surface area contributed by atoms with Crippen molar-refractivity contribution < 1.29 is 4.79 Å². The number of carbonyl (C=O) groups is 1. The topological polar surface area (TPSA) is 44.4 Å². The first-order valence-electron chi connectivity index (χ1n) is 7.69. The molecule has 0 bridgehead atoms. The van der Waals surface area contributed by atoms with Gasteiger partial charge in [-0.25, -0.2) is 0 Å². The zero-order valence-corrected chi connectivity index (χ0v) is 13.5. The third kappa shape index (κ3) is 3.52. The van der Waals surface area contributed by atoms with Crippen molar-refractivity contribution in [3.8, 4) is 0 Å². The third-order valence-corrected chi connectivity index (χ3v) is 5.32. The summed E-state index contributed by atoms with van der Waals surface area (Å²) in [5.74, 6) is 0.614. The molecule has 0 aliphatic carbocycles. The Morgan fingerprint density at radius 2 is 2.10 bits per heavy atom. The van der Waals surface area contributed by atoms with Gasteiger partial charge in [-0.05, 0) is 44.9 Å². The predicted octanol–water partition coefficient (Wildman–Crippen LogP) is 3.02. The number of anilines is 2. The molecule has 2 heterocycles. The van der Waals surface area contributed by atoms with Gasteiger partial charge in [0.2, 0.25) is 5.91 Å². The van der Waals surface area contributed by atoms with E-state index in [0.29, 0.717) is 17.8 Å². The summed E-state index contributed by atoms with van der Waals surface area (Å²) in [6.07, 6.45) is 2.35. The van der Waals surface area contributed by atoms with Crippen LogP contribution in [0.3, 0.4) is 0 Å². The molecule has 0 saturated carbocycles. The van der Waals surface area contributed by atoms with Crippen LogP contribution in [-0.4, -0.2) is 41.7 Å². The zero-order chi connectivity index (χ0) is 14.8. The summed E-state index contributed by atoms with van der Waals surface area (Å²) in [4.78, 5) is 15.2. The van der Waals surface area contributed by atoms with Gasteiger partial charge < -0.3 is 15.5 Å². The molecule has 1 aromatic rings. The maximum Gasteiger partial charge on any atom is 0.234 e. The van der Waals surface area contributed by atoms with Crippen LogP contribution in [0.2, 0.25) is 0 Å². The molecule has 0 aromatic heterocycles. The molecule has 21 heavy (non-hydrogen) atoms. The Hall–Kier alpha value is -1.20. The number of thioether (sulfide) groups is 1. The first kappa shape index (κ1) is 14.7. The summed E-state index contributed by atoms with van der Waals surface area (Å²) in [5, 5.41) is 6.57. The second kappa shape index (κ2) is 6.28. The maximum absolute atomic E-state index is 11.5. The molecule has 1 aromatic carbocycles. The lowest BCUT2D eigenvalue weighted by Crippen LogP contribution is -2.42. The van der Waals surface area contributed by atoms with Gasteiger partial charge in [-0.2, -0.15) is 0 Å². The number of benzene rings is 1. The molecule has 0 unspecified atom stereocenters. The first-order valence-corrected chi connectivity index (χ1v) is 8.67. The molecular weight excluding hydrogens is 282 g/mol. The molecular formula is C16H23N3OS. The van der Waals surface area contributed by atoms with Crippen molar-refractivity contribution in [3.05, 3.63) is 18.2 Å². The zero-order valence-electron chi connectivity index (χ0n) is 12.7.